The Hall–Kier alpha value is -3.43. The van der Waals surface area contributed by atoms with Crippen molar-refractivity contribution in [2.45, 2.75) is 30.1 Å². The first-order valence-corrected chi connectivity index (χ1v) is 12.0. The molecule has 33 heavy (non-hydrogen) atoms. The largest absolute Gasteiger partial charge is 0.454 e. The molecule has 1 aromatic heterocycles. The van der Waals surface area contributed by atoms with Crippen molar-refractivity contribution < 1.29 is 22.7 Å². The van der Waals surface area contributed by atoms with Gasteiger partial charge in [-0.3, -0.25) is 9.78 Å². The number of carbonyl (C=O) groups excluding carboxylic acids is 1. The summed E-state index contributed by atoms with van der Waals surface area (Å²) in [6.07, 6.45) is 3.14. The first kappa shape index (κ1) is 21.4. The molecule has 5 rings (SSSR count). The lowest BCUT2D eigenvalue weighted by Crippen LogP contribution is -2.27. The fraction of sp³-hybridized carbons (Fsp3) is 0.250. The molecule has 1 aliphatic carbocycles. The van der Waals surface area contributed by atoms with Gasteiger partial charge in [0.1, 0.15) is 0 Å². The van der Waals surface area contributed by atoms with Crippen molar-refractivity contribution in [2.24, 2.45) is 0 Å². The third kappa shape index (κ3) is 3.83. The molecule has 2 aliphatic rings. The summed E-state index contributed by atoms with van der Waals surface area (Å²) in [6, 6.07) is 14.1. The van der Waals surface area contributed by atoms with Crippen molar-refractivity contribution in [1.29, 1.82) is 0 Å². The van der Waals surface area contributed by atoms with E-state index < -0.39 is 15.4 Å². The molecule has 1 aliphatic heterocycles. The Bertz CT molecular complexity index is 1350. The molecular formula is C24H23N3O5S. The summed E-state index contributed by atoms with van der Waals surface area (Å²) >= 11 is 0. The van der Waals surface area contributed by atoms with Crippen LogP contribution in [0, 0.1) is 6.92 Å². The van der Waals surface area contributed by atoms with E-state index in [2.05, 4.69) is 15.0 Å². The maximum Gasteiger partial charge on any atom is 0.240 e. The molecule has 9 heteroatoms. The molecule has 1 amide bonds. The van der Waals surface area contributed by atoms with Crippen LogP contribution in [-0.2, 0) is 20.2 Å². The first-order valence-electron chi connectivity index (χ1n) is 10.5. The third-order valence-corrected chi connectivity index (χ3v) is 7.63. The molecule has 2 heterocycles. The molecule has 0 spiro atoms. The second-order valence-corrected chi connectivity index (χ2v) is 10.1. The number of fused-ring (bicyclic) bond motifs is 1. The van der Waals surface area contributed by atoms with Gasteiger partial charge in [-0.05, 0) is 68.3 Å². The third-order valence-electron chi connectivity index (χ3n) is 6.20. The van der Waals surface area contributed by atoms with Crippen LogP contribution in [0.4, 0.5) is 5.69 Å². The number of anilines is 1. The van der Waals surface area contributed by atoms with Gasteiger partial charge in [0, 0.05) is 11.3 Å². The summed E-state index contributed by atoms with van der Waals surface area (Å²) in [5.74, 6) is 1.26. The van der Waals surface area contributed by atoms with E-state index in [-0.39, 0.29) is 17.6 Å². The Morgan fingerprint density at radius 3 is 2.45 bits per heavy atom. The van der Waals surface area contributed by atoms with Crippen molar-refractivity contribution in [3.8, 4) is 22.6 Å². The summed E-state index contributed by atoms with van der Waals surface area (Å²) in [6.45, 7) is 2.06. The molecule has 0 radical (unpaired) electrons. The van der Waals surface area contributed by atoms with Gasteiger partial charge in [-0.15, -0.1) is 0 Å². The number of nitrogens with zero attached hydrogens (tertiary/aromatic N) is 1. The van der Waals surface area contributed by atoms with Crippen LogP contribution < -0.4 is 19.5 Å². The van der Waals surface area contributed by atoms with Gasteiger partial charge in [-0.25, -0.2) is 13.1 Å². The summed E-state index contributed by atoms with van der Waals surface area (Å²) in [4.78, 5) is 17.9. The minimum atomic E-state index is -3.51. The number of pyridine rings is 1. The second-order valence-electron chi connectivity index (χ2n) is 8.19. The predicted molar refractivity (Wildman–Crippen MR) is 123 cm³/mol. The highest BCUT2D eigenvalue weighted by molar-refractivity contribution is 7.89. The van der Waals surface area contributed by atoms with Gasteiger partial charge in [0.2, 0.25) is 22.7 Å². The van der Waals surface area contributed by atoms with Crippen molar-refractivity contribution in [3.05, 3.63) is 66.0 Å². The number of hydrogen-bond donors (Lipinski definition) is 2. The van der Waals surface area contributed by atoms with E-state index in [1.54, 1.807) is 30.5 Å². The Balaban J connectivity index is 1.39. The zero-order valence-electron chi connectivity index (χ0n) is 18.2. The summed E-state index contributed by atoms with van der Waals surface area (Å²) in [5.41, 5.74) is 3.30. The molecule has 3 aromatic rings. The number of aromatic nitrogens is 1. The zero-order valence-corrected chi connectivity index (χ0v) is 19.0. The standard InChI is InChI=1S/C24H23N3O5S/c1-15-20(16-3-6-19(7-4-16)33(29,30)25-2)12-18(13-26-15)27-23(28)24(9-10-24)17-5-8-21-22(11-17)32-14-31-21/h3-8,11-13,25H,9-10,14H2,1-2H3,(H,27,28). The van der Waals surface area contributed by atoms with E-state index in [1.165, 1.54) is 7.05 Å². The second kappa shape index (κ2) is 7.86. The van der Waals surface area contributed by atoms with E-state index in [9.17, 15) is 13.2 Å². The normalized spacial score (nSPS) is 15.8. The Morgan fingerprint density at radius 2 is 1.76 bits per heavy atom. The lowest BCUT2D eigenvalue weighted by atomic mass is 9.94. The number of amides is 1. The molecule has 0 saturated heterocycles. The van der Waals surface area contributed by atoms with Crippen LogP contribution >= 0.6 is 0 Å². The molecule has 0 atom stereocenters. The number of aryl methyl sites for hydroxylation is 1. The van der Waals surface area contributed by atoms with Crippen LogP contribution in [0.3, 0.4) is 0 Å². The maximum atomic E-state index is 13.2. The van der Waals surface area contributed by atoms with E-state index >= 15 is 0 Å². The fourth-order valence-electron chi connectivity index (χ4n) is 4.04. The number of benzene rings is 2. The SMILES string of the molecule is CNS(=O)(=O)c1ccc(-c2cc(NC(=O)C3(c4ccc5c(c4)OCO5)CC3)cnc2C)cc1. The number of carbonyl (C=O) groups is 1. The van der Waals surface area contributed by atoms with Gasteiger partial charge < -0.3 is 14.8 Å². The molecule has 2 N–H and O–H groups in total. The van der Waals surface area contributed by atoms with Crippen LogP contribution in [0.15, 0.2) is 59.6 Å². The number of sulfonamides is 1. The van der Waals surface area contributed by atoms with Crippen LogP contribution in [0.5, 0.6) is 11.5 Å². The summed E-state index contributed by atoms with van der Waals surface area (Å²) in [5, 5.41) is 3.01. The van der Waals surface area contributed by atoms with E-state index in [4.69, 9.17) is 9.47 Å². The summed E-state index contributed by atoms with van der Waals surface area (Å²) < 4.78 is 37.1. The molecule has 0 bridgehead atoms. The van der Waals surface area contributed by atoms with Gasteiger partial charge >= 0.3 is 0 Å². The predicted octanol–water partition coefficient (Wildman–Crippen LogP) is 3.36. The topological polar surface area (TPSA) is 107 Å². The van der Waals surface area contributed by atoms with Crippen molar-refractivity contribution in [2.75, 3.05) is 19.2 Å². The van der Waals surface area contributed by atoms with E-state index in [1.807, 2.05) is 31.2 Å². The van der Waals surface area contributed by atoms with Gasteiger partial charge in [0.25, 0.3) is 0 Å². The Morgan fingerprint density at radius 1 is 1.03 bits per heavy atom. The summed E-state index contributed by atoms with van der Waals surface area (Å²) in [7, 11) is -2.14. The van der Waals surface area contributed by atoms with Crippen LogP contribution in [-0.4, -0.2) is 33.1 Å². The minimum Gasteiger partial charge on any atom is -0.454 e. The smallest absolute Gasteiger partial charge is 0.240 e. The van der Waals surface area contributed by atoms with Crippen LogP contribution in [0.1, 0.15) is 24.1 Å². The molecule has 2 aromatic carbocycles. The Kier molecular flexibility index (Phi) is 5.10. The quantitative estimate of drug-likeness (QED) is 0.578. The lowest BCUT2D eigenvalue weighted by molar-refractivity contribution is -0.118. The van der Waals surface area contributed by atoms with E-state index in [0.717, 1.165) is 35.2 Å². The first-order chi connectivity index (χ1) is 15.8. The lowest BCUT2D eigenvalue weighted by Gasteiger charge is -2.17. The molecular weight excluding hydrogens is 442 g/mol. The number of hydrogen-bond acceptors (Lipinski definition) is 6. The monoisotopic (exact) mass is 465 g/mol. The highest BCUT2D eigenvalue weighted by Gasteiger charge is 2.51. The highest BCUT2D eigenvalue weighted by Crippen LogP contribution is 2.51. The maximum absolute atomic E-state index is 13.2. The number of rotatable bonds is 6. The Labute approximate surface area is 192 Å². The average Bonchev–Trinajstić information content (AvgIpc) is 3.51. The zero-order chi connectivity index (χ0) is 23.2. The number of nitrogens with one attached hydrogen (secondary N) is 2. The molecule has 170 valence electrons. The minimum absolute atomic E-state index is 0.0894. The number of ether oxygens (including phenoxy) is 2. The van der Waals surface area contributed by atoms with Gasteiger partial charge in [-0.1, -0.05) is 18.2 Å². The van der Waals surface area contributed by atoms with Crippen molar-refractivity contribution in [3.63, 3.8) is 0 Å². The molecule has 8 nitrogen and oxygen atoms in total. The molecule has 1 saturated carbocycles. The van der Waals surface area contributed by atoms with Gasteiger partial charge in [0.15, 0.2) is 11.5 Å². The van der Waals surface area contributed by atoms with Crippen molar-refractivity contribution in [1.82, 2.24) is 9.71 Å². The molecule has 0 unspecified atom stereocenters. The van der Waals surface area contributed by atoms with Gasteiger partial charge in [-0.2, -0.15) is 0 Å². The van der Waals surface area contributed by atoms with Gasteiger partial charge in [0.05, 0.1) is 22.2 Å². The van der Waals surface area contributed by atoms with E-state index in [0.29, 0.717) is 17.2 Å². The van der Waals surface area contributed by atoms with Crippen LogP contribution in [0.2, 0.25) is 0 Å². The van der Waals surface area contributed by atoms with Crippen molar-refractivity contribution >= 4 is 21.6 Å². The highest BCUT2D eigenvalue weighted by atomic mass is 32.2. The molecule has 1 fully saturated rings. The van der Waals surface area contributed by atoms with Crippen LogP contribution in [0.25, 0.3) is 11.1 Å². The average molecular weight is 466 g/mol. The fourth-order valence-corrected chi connectivity index (χ4v) is 4.77.